The van der Waals surface area contributed by atoms with Crippen molar-refractivity contribution >= 4 is 33.8 Å². The molecular formula is C20H28N2O7S2. The highest BCUT2D eigenvalue weighted by atomic mass is 32.2. The number of β-lactam (4-membered cyclic amide) rings is 1. The van der Waals surface area contributed by atoms with Crippen LogP contribution in [0.1, 0.15) is 26.3 Å². The molecule has 0 saturated carbocycles. The monoisotopic (exact) mass is 472 g/mol. The molecule has 3 rings (SSSR count). The Kier molecular flexibility index (Phi) is 7.93. The lowest BCUT2D eigenvalue weighted by Gasteiger charge is -2.48. The van der Waals surface area contributed by atoms with E-state index in [1.54, 1.807) is 51.8 Å². The maximum Gasteiger partial charge on any atom is 0.355 e. The van der Waals surface area contributed by atoms with Crippen molar-refractivity contribution in [3.63, 3.8) is 0 Å². The Hall–Kier alpha value is -1.92. The Labute approximate surface area is 186 Å². The van der Waals surface area contributed by atoms with Gasteiger partial charge in [0.05, 0.1) is 11.5 Å². The van der Waals surface area contributed by atoms with Crippen LogP contribution in [0.4, 0.5) is 0 Å². The zero-order chi connectivity index (χ0) is 23.6. The molecule has 31 heavy (non-hydrogen) atoms. The van der Waals surface area contributed by atoms with Gasteiger partial charge in [-0.2, -0.15) is 8.42 Å². The van der Waals surface area contributed by atoms with Gasteiger partial charge in [0, 0.05) is 12.9 Å². The van der Waals surface area contributed by atoms with Crippen molar-refractivity contribution in [1.82, 2.24) is 4.90 Å². The first kappa shape index (κ1) is 25.3. The maximum absolute atomic E-state index is 12.4. The number of fused-ring (bicyclic) bond motifs is 1. The number of esters is 1. The number of nitrogens with two attached hydrogens (primary N) is 1. The van der Waals surface area contributed by atoms with Crippen molar-refractivity contribution in [3.8, 4) is 0 Å². The summed E-state index contributed by atoms with van der Waals surface area (Å²) in [6.45, 7) is 7.52. The zero-order valence-electron chi connectivity index (χ0n) is 18.1. The Morgan fingerprint density at radius 1 is 1.29 bits per heavy atom. The third-order valence-electron chi connectivity index (χ3n) is 4.32. The summed E-state index contributed by atoms with van der Waals surface area (Å²) in [6, 6.07) is 5.45. The van der Waals surface area contributed by atoms with Gasteiger partial charge >= 0.3 is 5.97 Å². The van der Waals surface area contributed by atoms with Gasteiger partial charge in [-0.25, -0.2) is 4.79 Å². The third kappa shape index (κ3) is 6.30. The van der Waals surface area contributed by atoms with E-state index < -0.39 is 27.7 Å². The Morgan fingerprint density at radius 2 is 1.87 bits per heavy atom. The number of benzene rings is 1. The van der Waals surface area contributed by atoms with Gasteiger partial charge in [-0.05, 0) is 45.4 Å². The maximum atomic E-state index is 12.4. The van der Waals surface area contributed by atoms with E-state index >= 15 is 0 Å². The average Bonchev–Trinajstić information content (AvgIpc) is 2.66. The number of ether oxygens (including phenoxy) is 2. The van der Waals surface area contributed by atoms with Crippen LogP contribution in [0, 0.1) is 6.92 Å². The topological polar surface area (TPSA) is 136 Å². The van der Waals surface area contributed by atoms with Gasteiger partial charge < -0.3 is 15.2 Å². The standard InChI is InChI=1S/C13H20N2O4S.C7H8O3S/c1-13(2,3)19-12(17)9-7(5-18-4)6-20-11-8(14)10(16)15(9)11;1-6-2-4-7(5-3-6)11(8,9)10/h8,11H,5-6,14H2,1-4H3;2-5H,1H3,(H,8,9,10)/t8?,11-;/m0./s1. The lowest BCUT2D eigenvalue weighted by molar-refractivity contribution is -0.158. The van der Waals surface area contributed by atoms with E-state index in [1.807, 2.05) is 6.92 Å². The van der Waals surface area contributed by atoms with Crippen molar-refractivity contribution in [1.29, 1.82) is 0 Å². The smallest absolute Gasteiger partial charge is 0.355 e. The summed E-state index contributed by atoms with van der Waals surface area (Å²) in [5, 5.41) is -0.175. The van der Waals surface area contributed by atoms with E-state index in [4.69, 9.17) is 19.8 Å². The molecule has 0 radical (unpaired) electrons. The molecule has 1 amide bonds. The number of thioether (sulfide) groups is 1. The van der Waals surface area contributed by atoms with E-state index in [0.29, 0.717) is 18.1 Å². The van der Waals surface area contributed by atoms with Crippen LogP contribution < -0.4 is 5.73 Å². The molecule has 11 heteroatoms. The first-order chi connectivity index (χ1) is 14.3. The average molecular weight is 473 g/mol. The highest BCUT2D eigenvalue weighted by Gasteiger charge is 2.52. The summed E-state index contributed by atoms with van der Waals surface area (Å²) in [7, 11) is -2.46. The molecule has 3 N–H and O–H groups in total. The van der Waals surface area contributed by atoms with E-state index in [9.17, 15) is 18.0 Å². The van der Waals surface area contributed by atoms with Gasteiger partial charge in [0.1, 0.15) is 22.7 Å². The summed E-state index contributed by atoms with van der Waals surface area (Å²) in [5.41, 5.74) is 7.18. The summed E-state index contributed by atoms with van der Waals surface area (Å²) in [6.07, 6.45) is 0. The normalized spacial score (nSPS) is 21.0. The molecule has 0 bridgehead atoms. The number of amides is 1. The van der Waals surface area contributed by atoms with Crippen molar-refractivity contribution in [2.75, 3.05) is 19.5 Å². The Balaban J connectivity index is 0.000000262. The zero-order valence-corrected chi connectivity index (χ0v) is 19.7. The fourth-order valence-electron chi connectivity index (χ4n) is 2.89. The number of aryl methyl sites for hydroxylation is 1. The number of hydrogen-bond acceptors (Lipinski definition) is 8. The van der Waals surface area contributed by atoms with Crippen molar-refractivity contribution in [2.45, 2.75) is 49.6 Å². The Morgan fingerprint density at radius 3 is 2.35 bits per heavy atom. The highest BCUT2D eigenvalue weighted by molar-refractivity contribution is 8.00. The number of hydrogen-bond donors (Lipinski definition) is 2. The molecule has 1 unspecified atom stereocenters. The molecule has 0 spiro atoms. The van der Waals surface area contributed by atoms with Gasteiger partial charge in [-0.3, -0.25) is 14.2 Å². The molecule has 1 aromatic carbocycles. The lowest BCUT2D eigenvalue weighted by atomic mass is 10.0. The Bertz CT molecular complexity index is 966. The minimum atomic E-state index is -4.02. The first-order valence-corrected chi connectivity index (χ1v) is 11.9. The fraction of sp³-hybridized carbons (Fsp3) is 0.500. The highest BCUT2D eigenvalue weighted by Crippen LogP contribution is 2.40. The molecule has 2 heterocycles. The van der Waals surface area contributed by atoms with Crippen molar-refractivity contribution < 1.29 is 32.0 Å². The summed E-state index contributed by atoms with van der Waals surface area (Å²) in [4.78, 5) is 25.7. The molecule has 1 saturated heterocycles. The summed E-state index contributed by atoms with van der Waals surface area (Å²) in [5.74, 6) is -0.114. The van der Waals surface area contributed by atoms with Crippen LogP contribution in [0.3, 0.4) is 0 Å². The minimum Gasteiger partial charge on any atom is -0.455 e. The number of methoxy groups -OCH3 is 1. The van der Waals surface area contributed by atoms with Crippen LogP contribution >= 0.6 is 11.8 Å². The molecule has 1 fully saturated rings. The summed E-state index contributed by atoms with van der Waals surface area (Å²) >= 11 is 1.55. The molecule has 9 nitrogen and oxygen atoms in total. The second kappa shape index (κ2) is 9.70. The van der Waals surface area contributed by atoms with Crippen LogP contribution in [-0.2, 0) is 29.2 Å². The number of nitrogens with zero attached hydrogens (tertiary/aromatic N) is 1. The van der Waals surface area contributed by atoms with Gasteiger partial charge in [0.25, 0.3) is 10.1 Å². The molecule has 0 aromatic heterocycles. The van der Waals surface area contributed by atoms with E-state index in [0.717, 1.165) is 11.1 Å². The van der Waals surface area contributed by atoms with Crippen molar-refractivity contribution in [2.24, 2.45) is 5.73 Å². The van der Waals surface area contributed by atoms with Crippen LogP contribution in [0.5, 0.6) is 0 Å². The first-order valence-electron chi connectivity index (χ1n) is 9.45. The van der Waals surface area contributed by atoms with E-state index in [2.05, 4.69) is 0 Å². The van der Waals surface area contributed by atoms with E-state index in [1.165, 1.54) is 17.0 Å². The van der Waals surface area contributed by atoms with Gasteiger partial charge in [0.2, 0.25) is 5.91 Å². The fourth-order valence-corrected chi connectivity index (χ4v) is 4.64. The number of carbonyl (C=O) groups is 2. The predicted molar refractivity (Wildman–Crippen MR) is 117 cm³/mol. The second-order valence-corrected chi connectivity index (χ2v) is 10.6. The third-order valence-corrected chi connectivity index (χ3v) is 6.55. The van der Waals surface area contributed by atoms with Gasteiger partial charge in [0.15, 0.2) is 0 Å². The number of rotatable bonds is 4. The molecule has 2 aliphatic rings. The summed E-state index contributed by atoms with van der Waals surface area (Å²) < 4.78 is 40.1. The minimum absolute atomic E-state index is 0.0666. The number of carbonyl (C=O) groups excluding carboxylic acids is 2. The molecular weight excluding hydrogens is 444 g/mol. The van der Waals surface area contributed by atoms with Crippen LogP contribution in [0.2, 0.25) is 0 Å². The van der Waals surface area contributed by atoms with Gasteiger partial charge in [-0.15, -0.1) is 11.8 Å². The molecule has 2 atom stereocenters. The molecule has 172 valence electrons. The van der Waals surface area contributed by atoms with Crippen molar-refractivity contribution in [3.05, 3.63) is 41.1 Å². The predicted octanol–water partition coefficient (Wildman–Crippen LogP) is 1.71. The van der Waals surface area contributed by atoms with Gasteiger partial charge in [-0.1, -0.05) is 17.7 Å². The van der Waals surface area contributed by atoms with Crippen LogP contribution in [0.25, 0.3) is 0 Å². The molecule has 1 aromatic rings. The molecule has 0 aliphatic carbocycles. The largest absolute Gasteiger partial charge is 0.455 e. The van der Waals surface area contributed by atoms with Crippen LogP contribution in [-0.4, -0.2) is 66.2 Å². The van der Waals surface area contributed by atoms with E-state index in [-0.39, 0.29) is 16.2 Å². The SMILES string of the molecule is COCC1=C(C(=O)OC(C)(C)C)N2C(=O)C(N)[C@@H]2SC1.Cc1ccc(S(=O)(=O)O)cc1. The lowest BCUT2D eigenvalue weighted by Crippen LogP contribution is -2.68. The van der Waals surface area contributed by atoms with Crippen LogP contribution in [0.15, 0.2) is 40.4 Å². The quantitative estimate of drug-likeness (QED) is 0.381. The second-order valence-electron chi connectivity index (χ2n) is 8.11. The molecule has 2 aliphatic heterocycles.